The van der Waals surface area contributed by atoms with Crippen LogP contribution in [0.25, 0.3) is 11.1 Å². The molecule has 0 spiro atoms. The van der Waals surface area contributed by atoms with Crippen LogP contribution in [0.15, 0.2) is 48.8 Å². The van der Waals surface area contributed by atoms with Crippen molar-refractivity contribution in [3.63, 3.8) is 0 Å². The van der Waals surface area contributed by atoms with Crippen molar-refractivity contribution < 1.29 is 13.6 Å². The van der Waals surface area contributed by atoms with Crippen molar-refractivity contribution in [1.29, 1.82) is 0 Å². The average molecular weight is 363 g/mol. The molecule has 5 nitrogen and oxygen atoms in total. The molecule has 2 aromatic heterocycles. The Kier molecular flexibility index (Phi) is 4.76. The molecule has 1 aromatic carbocycles. The van der Waals surface area contributed by atoms with Gasteiger partial charge >= 0.3 is 0 Å². The number of carbonyl (C=O) groups excluding carboxylic acids is 1. The van der Waals surface area contributed by atoms with Crippen LogP contribution in [-0.2, 0) is 7.05 Å². The zero-order valence-electron chi connectivity index (χ0n) is 13.1. The molecule has 3 rings (SSSR count). The van der Waals surface area contributed by atoms with Gasteiger partial charge in [-0.25, -0.2) is 13.8 Å². The molecule has 0 saturated carbocycles. The Bertz CT molecular complexity index is 909. The lowest BCUT2D eigenvalue weighted by molar-refractivity contribution is 0.101. The van der Waals surface area contributed by atoms with E-state index in [0.29, 0.717) is 16.4 Å². The number of halogens is 3. The first-order valence-corrected chi connectivity index (χ1v) is 7.67. The fraction of sp³-hybridized carbons (Fsp3) is 0.118. The van der Waals surface area contributed by atoms with Crippen molar-refractivity contribution in [2.24, 2.45) is 7.05 Å². The summed E-state index contributed by atoms with van der Waals surface area (Å²) in [7, 11) is 1.48. The zero-order chi connectivity index (χ0) is 18.0. The fourth-order valence-electron chi connectivity index (χ4n) is 2.41. The minimum absolute atomic E-state index is 0.165. The smallest absolute Gasteiger partial charge is 0.282 e. The molecule has 0 atom stereocenters. The topological polar surface area (TPSA) is 59.8 Å². The predicted octanol–water partition coefficient (Wildman–Crippen LogP) is 4.33. The fourth-order valence-corrected chi connectivity index (χ4v) is 2.52. The van der Waals surface area contributed by atoms with Crippen molar-refractivity contribution >= 4 is 23.2 Å². The number of rotatable bonds is 4. The number of nitrogens with one attached hydrogen (secondary N) is 1. The van der Waals surface area contributed by atoms with Crippen LogP contribution in [0.5, 0.6) is 0 Å². The highest BCUT2D eigenvalue weighted by Crippen LogP contribution is 2.29. The van der Waals surface area contributed by atoms with E-state index in [1.54, 1.807) is 42.6 Å². The number of pyridine rings is 1. The Labute approximate surface area is 147 Å². The van der Waals surface area contributed by atoms with Gasteiger partial charge in [0.1, 0.15) is 10.8 Å². The molecule has 0 radical (unpaired) electrons. The molecular formula is C17H13ClF2N4O. The van der Waals surface area contributed by atoms with Crippen LogP contribution in [0.4, 0.5) is 14.5 Å². The molecule has 3 aromatic rings. The highest BCUT2D eigenvalue weighted by atomic mass is 35.5. The maximum atomic E-state index is 13.0. The lowest BCUT2D eigenvalue weighted by Crippen LogP contribution is -2.14. The molecule has 0 unspecified atom stereocenters. The number of amides is 1. The van der Waals surface area contributed by atoms with E-state index in [4.69, 9.17) is 11.6 Å². The molecule has 1 amide bonds. The molecule has 0 fully saturated rings. The van der Waals surface area contributed by atoms with Crippen molar-refractivity contribution in [2.75, 3.05) is 5.32 Å². The number of aryl methyl sites for hydroxylation is 1. The van der Waals surface area contributed by atoms with E-state index < -0.39 is 18.0 Å². The van der Waals surface area contributed by atoms with Crippen molar-refractivity contribution in [2.45, 2.75) is 6.43 Å². The van der Waals surface area contributed by atoms with E-state index in [1.165, 1.54) is 17.9 Å². The Morgan fingerprint density at radius 3 is 2.68 bits per heavy atom. The van der Waals surface area contributed by atoms with E-state index in [1.807, 2.05) is 0 Å². The second-order valence-electron chi connectivity index (χ2n) is 5.27. The van der Waals surface area contributed by atoms with Gasteiger partial charge in [-0.05, 0) is 18.2 Å². The summed E-state index contributed by atoms with van der Waals surface area (Å²) in [6, 6.07) is 10.4. The average Bonchev–Trinajstić information content (AvgIpc) is 2.99. The van der Waals surface area contributed by atoms with Gasteiger partial charge in [-0.2, -0.15) is 5.10 Å². The number of nitrogens with zero attached hydrogens (tertiary/aromatic N) is 3. The number of carbonyl (C=O) groups is 1. The van der Waals surface area contributed by atoms with Crippen LogP contribution in [0.1, 0.15) is 22.5 Å². The van der Waals surface area contributed by atoms with Crippen LogP contribution in [0.3, 0.4) is 0 Å². The molecule has 0 aliphatic heterocycles. The van der Waals surface area contributed by atoms with Gasteiger partial charge in [-0.15, -0.1) is 0 Å². The Balaban J connectivity index is 1.94. The third kappa shape index (κ3) is 3.66. The Morgan fingerprint density at radius 1 is 1.24 bits per heavy atom. The standard InChI is InChI=1S/C17H13ClF2N4O/c1-24-9-12(15(23-24)16(19)20)17(25)22-13-5-3-2-4-11(13)10-6-7-14(18)21-8-10/h2-9,16H,1H3,(H,22,25). The number of para-hydroxylation sites is 1. The maximum absolute atomic E-state index is 13.0. The zero-order valence-corrected chi connectivity index (χ0v) is 13.8. The number of aromatic nitrogens is 3. The summed E-state index contributed by atoms with van der Waals surface area (Å²) in [5.41, 5.74) is 1.19. The first kappa shape index (κ1) is 17.0. The van der Waals surface area contributed by atoms with Gasteiger partial charge < -0.3 is 5.32 Å². The third-order valence-electron chi connectivity index (χ3n) is 3.52. The molecule has 0 saturated heterocycles. The molecule has 0 bridgehead atoms. The van der Waals surface area contributed by atoms with E-state index in [0.717, 1.165) is 5.56 Å². The SMILES string of the molecule is Cn1cc(C(=O)Nc2ccccc2-c2ccc(Cl)nc2)c(C(F)F)n1. The molecule has 0 aliphatic carbocycles. The summed E-state index contributed by atoms with van der Waals surface area (Å²) in [6.07, 6.45) is 0.00306. The lowest BCUT2D eigenvalue weighted by Gasteiger charge is -2.11. The quantitative estimate of drug-likeness (QED) is 0.703. The summed E-state index contributed by atoms with van der Waals surface area (Å²) in [4.78, 5) is 16.5. The highest BCUT2D eigenvalue weighted by Gasteiger charge is 2.23. The van der Waals surface area contributed by atoms with Crippen LogP contribution >= 0.6 is 11.6 Å². The van der Waals surface area contributed by atoms with Crippen LogP contribution in [0, 0.1) is 0 Å². The number of hydrogen-bond donors (Lipinski definition) is 1. The second-order valence-corrected chi connectivity index (χ2v) is 5.66. The van der Waals surface area contributed by atoms with Crippen molar-refractivity contribution in [3.05, 3.63) is 65.2 Å². The monoisotopic (exact) mass is 362 g/mol. The van der Waals surface area contributed by atoms with Crippen molar-refractivity contribution in [3.8, 4) is 11.1 Å². The van der Waals surface area contributed by atoms with Gasteiger partial charge in [0.2, 0.25) is 0 Å². The van der Waals surface area contributed by atoms with Gasteiger partial charge in [0.15, 0.2) is 0 Å². The maximum Gasteiger partial charge on any atom is 0.282 e. The first-order chi connectivity index (χ1) is 12.0. The van der Waals surface area contributed by atoms with Gasteiger partial charge in [0.25, 0.3) is 12.3 Å². The first-order valence-electron chi connectivity index (χ1n) is 7.29. The normalized spacial score (nSPS) is 10.9. The van der Waals surface area contributed by atoms with Crippen LogP contribution in [-0.4, -0.2) is 20.7 Å². The van der Waals surface area contributed by atoms with E-state index >= 15 is 0 Å². The number of anilines is 1. The summed E-state index contributed by atoms with van der Waals surface area (Å²) in [5.74, 6) is -0.655. The number of alkyl halides is 2. The molecule has 0 aliphatic rings. The number of benzene rings is 1. The molecule has 128 valence electrons. The van der Waals surface area contributed by atoms with E-state index in [9.17, 15) is 13.6 Å². The van der Waals surface area contributed by atoms with Gasteiger partial charge in [-0.1, -0.05) is 29.8 Å². The summed E-state index contributed by atoms with van der Waals surface area (Å²) < 4.78 is 27.3. The largest absolute Gasteiger partial charge is 0.321 e. The Hall–Kier alpha value is -2.80. The third-order valence-corrected chi connectivity index (χ3v) is 3.75. The summed E-state index contributed by atoms with van der Waals surface area (Å²) in [5, 5.41) is 6.66. The van der Waals surface area contributed by atoms with Crippen LogP contribution in [0.2, 0.25) is 5.15 Å². The van der Waals surface area contributed by atoms with Crippen LogP contribution < -0.4 is 5.32 Å². The Morgan fingerprint density at radius 2 is 2.00 bits per heavy atom. The number of hydrogen-bond acceptors (Lipinski definition) is 3. The lowest BCUT2D eigenvalue weighted by atomic mass is 10.1. The van der Waals surface area contributed by atoms with Gasteiger partial charge in [0.05, 0.1) is 5.56 Å². The minimum Gasteiger partial charge on any atom is -0.321 e. The molecular weight excluding hydrogens is 350 g/mol. The summed E-state index contributed by atoms with van der Waals surface area (Å²) >= 11 is 5.79. The van der Waals surface area contributed by atoms with E-state index in [-0.39, 0.29) is 5.56 Å². The van der Waals surface area contributed by atoms with Gasteiger partial charge in [0, 0.05) is 36.3 Å². The molecule has 2 heterocycles. The van der Waals surface area contributed by atoms with E-state index in [2.05, 4.69) is 15.4 Å². The minimum atomic E-state index is -2.84. The second kappa shape index (κ2) is 6.98. The van der Waals surface area contributed by atoms with Gasteiger partial charge in [-0.3, -0.25) is 9.48 Å². The highest BCUT2D eigenvalue weighted by molar-refractivity contribution is 6.29. The molecule has 1 N–H and O–H groups in total. The summed E-state index contributed by atoms with van der Waals surface area (Å²) in [6.45, 7) is 0. The molecule has 8 heteroatoms. The predicted molar refractivity (Wildman–Crippen MR) is 90.8 cm³/mol. The van der Waals surface area contributed by atoms with Crippen molar-refractivity contribution in [1.82, 2.24) is 14.8 Å². The molecule has 25 heavy (non-hydrogen) atoms.